The molecule has 9 nitrogen and oxygen atoms in total. The summed E-state index contributed by atoms with van der Waals surface area (Å²) in [5.74, 6) is -0.797. The first kappa shape index (κ1) is 24.5. The number of aromatic nitrogens is 3. The zero-order valence-corrected chi connectivity index (χ0v) is 18.2. The Balaban J connectivity index is 0.000000383. The molecule has 3 heterocycles. The highest BCUT2D eigenvalue weighted by Crippen LogP contribution is 2.21. The summed E-state index contributed by atoms with van der Waals surface area (Å²) in [6, 6.07) is 8.10. The smallest absolute Gasteiger partial charge is 0.490 e. The van der Waals surface area contributed by atoms with E-state index in [1.165, 1.54) is 5.56 Å². The summed E-state index contributed by atoms with van der Waals surface area (Å²) in [7, 11) is 1.67. The van der Waals surface area contributed by atoms with Crippen LogP contribution in [0, 0.1) is 5.92 Å². The molecule has 2 aliphatic heterocycles. The SMILES string of the molecule is COc1ccc(CN2Cc3ncnn3CC(C(=O)N3CCCC3)C2)cc1.O=C(O)C(F)(F)F. The molecule has 0 aliphatic carbocycles. The highest BCUT2D eigenvalue weighted by Gasteiger charge is 2.38. The second kappa shape index (κ2) is 10.6. The highest BCUT2D eigenvalue weighted by atomic mass is 19.4. The fourth-order valence-electron chi connectivity index (χ4n) is 3.87. The van der Waals surface area contributed by atoms with Gasteiger partial charge >= 0.3 is 12.1 Å². The number of amides is 1. The van der Waals surface area contributed by atoms with E-state index in [2.05, 4.69) is 27.1 Å². The Morgan fingerprint density at radius 2 is 1.79 bits per heavy atom. The van der Waals surface area contributed by atoms with Gasteiger partial charge in [0.15, 0.2) is 0 Å². The number of halogens is 3. The summed E-state index contributed by atoms with van der Waals surface area (Å²) in [4.78, 5) is 30.6. The number of carbonyl (C=O) groups excluding carboxylic acids is 1. The number of fused-ring (bicyclic) bond motifs is 1. The lowest BCUT2D eigenvalue weighted by Crippen LogP contribution is -2.40. The van der Waals surface area contributed by atoms with Crippen molar-refractivity contribution in [2.75, 3.05) is 26.7 Å². The van der Waals surface area contributed by atoms with E-state index < -0.39 is 12.1 Å². The standard InChI is InChI=1S/C19H25N5O2.C2HF3O2/c1-26-17-6-4-15(5-7-17)10-22-11-16(19(25)23-8-2-3-9-23)12-24-18(13-22)20-14-21-24;3-2(4,5)1(6)7/h4-7,14,16H,2-3,8-13H2,1H3;(H,6,7). The molecule has 0 bridgehead atoms. The third-order valence-corrected chi connectivity index (χ3v) is 5.51. The fourth-order valence-corrected chi connectivity index (χ4v) is 3.87. The third-order valence-electron chi connectivity index (χ3n) is 5.51. The summed E-state index contributed by atoms with van der Waals surface area (Å²) >= 11 is 0. The van der Waals surface area contributed by atoms with Crippen molar-refractivity contribution in [1.82, 2.24) is 24.6 Å². The molecular weight excluding hydrogens is 443 g/mol. The molecule has 0 radical (unpaired) electrons. The molecule has 1 unspecified atom stereocenters. The molecule has 1 saturated heterocycles. The van der Waals surface area contributed by atoms with E-state index >= 15 is 0 Å². The maximum absolute atomic E-state index is 13.0. The van der Waals surface area contributed by atoms with Crippen molar-refractivity contribution in [3.8, 4) is 5.75 Å². The van der Waals surface area contributed by atoms with Crippen molar-refractivity contribution in [2.24, 2.45) is 5.92 Å². The van der Waals surface area contributed by atoms with Crippen molar-refractivity contribution >= 4 is 11.9 Å². The van der Waals surface area contributed by atoms with Crippen LogP contribution in [0.25, 0.3) is 0 Å². The molecule has 1 atom stereocenters. The van der Waals surface area contributed by atoms with Gasteiger partial charge in [-0.1, -0.05) is 12.1 Å². The van der Waals surface area contributed by atoms with E-state index in [-0.39, 0.29) is 11.8 Å². The average Bonchev–Trinajstić information content (AvgIpc) is 3.43. The highest BCUT2D eigenvalue weighted by molar-refractivity contribution is 5.79. The number of aliphatic carboxylic acids is 1. The van der Waals surface area contributed by atoms with E-state index in [0.29, 0.717) is 13.1 Å². The number of hydrogen-bond acceptors (Lipinski definition) is 6. The minimum atomic E-state index is -5.08. The normalized spacial score (nSPS) is 18.7. The molecule has 12 heteroatoms. The third kappa shape index (κ3) is 6.67. The maximum atomic E-state index is 13.0. The lowest BCUT2D eigenvalue weighted by Gasteiger charge is -2.26. The second-order valence-electron chi connectivity index (χ2n) is 7.91. The van der Waals surface area contributed by atoms with Crippen LogP contribution >= 0.6 is 0 Å². The zero-order valence-electron chi connectivity index (χ0n) is 18.2. The van der Waals surface area contributed by atoms with E-state index in [4.69, 9.17) is 14.6 Å². The minimum Gasteiger partial charge on any atom is -0.497 e. The lowest BCUT2D eigenvalue weighted by molar-refractivity contribution is -0.192. The number of nitrogens with zero attached hydrogens (tertiary/aromatic N) is 5. The van der Waals surface area contributed by atoms with Crippen molar-refractivity contribution in [2.45, 2.75) is 38.7 Å². The molecule has 33 heavy (non-hydrogen) atoms. The van der Waals surface area contributed by atoms with Gasteiger partial charge in [-0.3, -0.25) is 9.69 Å². The molecule has 1 aromatic heterocycles. The number of carboxylic acid groups (broad SMARTS) is 1. The van der Waals surface area contributed by atoms with Crippen molar-refractivity contribution in [3.05, 3.63) is 42.0 Å². The molecule has 180 valence electrons. The Morgan fingerprint density at radius 1 is 1.15 bits per heavy atom. The van der Waals surface area contributed by atoms with Gasteiger partial charge in [0, 0.05) is 26.2 Å². The van der Waals surface area contributed by atoms with Gasteiger partial charge in [-0.2, -0.15) is 18.3 Å². The molecule has 2 aliphatic rings. The molecule has 2 aromatic rings. The van der Waals surface area contributed by atoms with Crippen molar-refractivity contribution in [3.63, 3.8) is 0 Å². The summed E-state index contributed by atoms with van der Waals surface area (Å²) in [6.45, 7) is 4.60. The summed E-state index contributed by atoms with van der Waals surface area (Å²) in [5.41, 5.74) is 1.20. The Labute approximate surface area is 188 Å². The first-order valence-corrected chi connectivity index (χ1v) is 10.5. The first-order chi connectivity index (χ1) is 15.7. The van der Waals surface area contributed by atoms with Crippen LogP contribution in [0.5, 0.6) is 5.75 Å². The number of methoxy groups -OCH3 is 1. The Bertz CT molecular complexity index is 942. The zero-order chi connectivity index (χ0) is 24.0. The number of likely N-dealkylation sites (tertiary alicyclic amines) is 1. The molecule has 1 N–H and O–H groups in total. The van der Waals surface area contributed by atoms with Crippen LogP contribution in [0.4, 0.5) is 13.2 Å². The van der Waals surface area contributed by atoms with Gasteiger partial charge in [0.05, 0.1) is 26.1 Å². The lowest BCUT2D eigenvalue weighted by atomic mass is 10.1. The number of rotatable bonds is 4. The summed E-state index contributed by atoms with van der Waals surface area (Å²) in [6.07, 6.45) is -1.27. The van der Waals surface area contributed by atoms with Gasteiger partial charge in [-0.15, -0.1) is 0 Å². The van der Waals surface area contributed by atoms with Crippen LogP contribution in [0.3, 0.4) is 0 Å². The van der Waals surface area contributed by atoms with Gasteiger partial charge in [0.2, 0.25) is 5.91 Å². The number of ether oxygens (including phenoxy) is 1. The van der Waals surface area contributed by atoms with Gasteiger partial charge in [-0.25, -0.2) is 14.5 Å². The molecule has 1 fully saturated rings. The van der Waals surface area contributed by atoms with Crippen LogP contribution < -0.4 is 4.74 Å². The van der Waals surface area contributed by atoms with Crippen LogP contribution in [0.2, 0.25) is 0 Å². The predicted octanol–water partition coefficient (Wildman–Crippen LogP) is 2.17. The topological polar surface area (TPSA) is 101 Å². The average molecular weight is 469 g/mol. The largest absolute Gasteiger partial charge is 0.497 e. The molecule has 4 rings (SSSR count). The monoisotopic (exact) mass is 469 g/mol. The summed E-state index contributed by atoms with van der Waals surface area (Å²) < 4.78 is 38.9. The van der Waals surface area contributed by atoms with Crippen LogP contribution in [0.1, 0.15) is 24.2 Å². The molecule has 0 spiro atoms. The quantitative estimate of drug-likeness (QED) is 0.733. The minimum absolute atomic E-state index is 0.0747. The van der Waals surface area contributed by atoms with Crippen LogP contribution in [-0.2, 0) is 29.2 Å². The van der Waals surface area contributed by atoms with E-state index in [0.717, 1.165) is 50.6 Å². The van der Waals surface area contributed by atoms with Gasteiger partial charge in [-0.05, 0) is 30.5 Å². The van der Waals surface area contributed by atoms with E-state index in [1.807, 2.05) is 21.7 Å². The second-order valence-corrected chi connectivity index (χ2v) is 7.91. The molecule has 1 amide bonds. The van der Waals surface area contributed by atoms with E-state index in [1.54, 1.807) is 13.4 Å². The number of alkyl halides is 3. The molecular formula is C21H26F3N5O4. The number of benzene rings is 1. The summed E-state index contributed by atoms with van der Waals surface area (Å²) in [5, 5.41) is 11.5. The number of carboxylic acids is 1. The van der Waals surface area contributed by atoms with Crippen molar-refractivity contribution in [1.29, 1.82) is 0 Å². The Hall–Kier alpha value is -3.15. The fraction of sp³-hybridized carbons (Fsp3) is 0.524. The Kier molecular flexibility index (Phi) is 7.90. The first-order valence-electron chi connectivity index (χ1n) is 10.5. The Morgan fingerprint density at radius 3 is 2.36 bits per heavy atom. The number of hydrogen-bond donors (Lipinski definition) is 1. The molecule has 0 saturated carbocycles. The molecule has 1 aromatic carbocycles. The van der Waals surface area contributed by atoms with Crippen molar-refractivity contribution < 1.29 is 32.6 Å². The van der Waals surface area contributed by atoms with Gasteiger partial charge in [0.25, 0.3) is 0 Å². The maximum Gasteiger partial charge on any atom is 0.490 e. The predicted molar refractivity (Wildman–Crippen MR) is 110 cm³/mol. The van der Waals surface area contributed by atoms with Gasteiger partial charge < -0.3 is 14.7 Å². The van der Waals surface area contributed by atoms with Gasteiger partial charge in [0.1, 0.15) is 17.9 Å². The van der Waals surface area contributed by atoms with Crippen LogP contribution in [-0.4, -0.2) is 74.5 Å². The van der Waals surface area contributed by atoms with Crippen LogP contribution in [0.15, 0.2) is 30.6 Å². The van der Waals surface area contributed by atoms with E-state index in [9.17, 15) is 18.0 Å². The number of carbonyl (C=O) groups is 2.